The molecule has 0 aliphatic carbocycles. The minimum Gasteiger partial charge on any atom is -0.454 e. The number of aryl methyl sites for hydroxylation is 2. The minimum absolute atomic E-state index is 0.103. The molecule has 0 unspecified atom stereocenters. The Morgan fingerprint density at radius 1 is 1.03 bits per heavy atom. The lowest BCUT2D eigenvalue weighted by Crippen LogP contribution is -2.22. The van der Waals surface area contributed by atoms with Gasteiger partial charge >= 0.3 is 0 Å². The molecule has 10 heteroatoms. The number of fused-ring (bicyclic) bond motifs is 4. The molecule has 1 aliphatic rings. The molecule has 3 heterocycles. The highest BCUT2D eigenvalue weighted by atomic mass is 32.2. The van der Waals surface area contributed by atoms with Gasteiger partial charge in [-0.05, 0) is 55.3 Å². The first-order chi connectivity index (χ1) is 17.5. The van der Waals surface area contributed by atoms with Crippen LogP contribution in [0.3, 0.4) is 0 Å². The molecule has 0 fully saturated rings. The molecule has 2 aromatic heterocycles. The monoisotopic (exact) mass is 499 g/mol. The van der Waals surface area contributed by atoms with Crippen LogP contribution in [0.25, 0.3) is 22.4 Å². The number of thioether (sulfide) groups is 1. The van der Waals surface area contributed by atoms with Crippen molar-refractivity contribution in [3.63, 3.8) is 0 Å². The maximum atomic E-state index is 13.6. The van der Waals surface area contributed by atoms with Crippen molar-refractivity contribution in [2.24, 2.45) is 0 Å². The van der Waals surface area contributed by atoms with Gasteiger partial charge in [0.05, 0.1) is 22.3 Å². The number of carbonyl (C=O) groups is 1. The Morgan fingerprint density at radius 2 is 1.86 bits per heavy atom. The van der Waals surface area contributed by atoms with Crippen molar-refractivity contribution in [3.8, 4) is 17.2 Å². The lowest BCUT2D eigenvalue weighted by molar-refractivity contribution is -0.113. The van der Waals surface area contributed by atoms with Crippen LogP contribution in [-0.4, -0.2) is 37.6 Å². The lowest BCUT2D eigenvalue weighted by atomic mass is 10.1. The summed E-state index contributed by atoms with van der Waals surface area (Å²) in [6, 6.07) is 18.6. The highest BCUT2D eigenvalue weighted by Gasteiger charge is 2.20. The fourth-order valence-electron chi connectivity index (χ4n) is 4.25. The van der Waals surface area contributed by atoms with E-state index >= 15 is 0 Å². The summed E-state index contributed by atoms with van der Waals surface area (Å²) in [4.78, 5) is 26.3. The lowest BCUT2D eigenvalue weighted by Gasteiger charge is -2.14. The number of anilines is 1. The van der Waals surface area contributed by atoms with Crippen LogP contribution in [0.15, 0.2) is 70.6 Å². The minimum atomic E-state index is -0.206. The molecule has 180 valence electrons. The van der Waals surface area contributed by atoms with Crippen LogP contribution < -0.4 is 20.3 Å². The number of hydrogen-bond donors (Lipinski definition) is 1. The topological polar surface area (TPSA) is 99.8 Å². The van der Waals surface area contributed by atoms with E-state index in [0.717, 1.165) is 16.8 Å². The zero-order valence-corrected chi connectivity index (χ0v) is 20.3. The summed E-state index contributed by atoms with van der Waals surface area (Å²) in [7, 11) is 0. The molecule has 1 amide bonds. The van der Waals surface area contributed by atoms with Crippen molar-refractivity contribution < 1.29 is 14.3 Å². The van der Waals surface area contributed by atoms with Crippen molar-refractivity contribution >= 4 is 40.0 Å². The smallest absolute Gasteiger partial charge is 0.267 e. The van der Waals surface area contributed by atoms with E-state index in [-0.39, 0.29) is 24.0 Å². The Labute approximate surface area is 209 Å². The van der Waals surface area contributed by atoms with Gasteiger partial charge in [-0.3, -0.25) is 14.0 Å². The molecule has 0 spiro atoms. The molecular weight excluding hydrogens is 478 g/mol. The second kappa shape index (κ2) is 8.72. The standard InChI is InChI=1S/C26H21N5O4S/c1-15-7-8-16(2)20(11-15)30-24(33)18-5-3-4-6-19(18)31-25(30)28-29-26(31)36-13-23(32)27-17-9-10-21-22(12-17)35-14-34-21/h3-12H,13-14H2,1-2H3,(H,27,32). The fraction of sp³-hybridized carbons (Fsp3) is 0.154. The van der Waals surface area contributed by atoms with E-state index in [1.54, 1.807) is 28.8 Å². The zero-order chi connectivity index (χ0) is 24.8. The number of amides is 1. The summed E-state index contributed by atoms with van der Waals surface area (Å²) in [5.41, 5.74) is 3.85. The number of hydrogen-bond acceptors (Lipinski definition) is 7. The summed E-state index contributed by atoms with van der Waals surface area (Å²) in [5.74, 6) is 1.54. The van der Waals surface area contributed by atoms with Crippen molar-refractivity contribution in [2.75, 3.05) is 17.9 Å². The summed E-state index contributed by atoms with van der Waals surface area (Å²) in [6.45, 7) is 4.11. The number of ether oxygens (including phenoxy) is 2. The molecule has 5 aromatic rings. The SMILES string of the molecule is Cc1ccc(C)c(-n2c(=O)c3ccccc3n3c(SCC(=O)Nc4ccc5c(c4)OCO5)nnc23)c1. The largest absolute Gasteiger partial charge is 0.454 e. The highest BCUT2D eigenvalue weighted by Crippen LogP contribution is 2.34. The number of nitrogens with one attached hydrogen (secondary N) is 1. The Balaban J connectivity index is 1.37. The van der Waals surface area contributed by atoms with Crippen LogP contribution >= 0.6 is 11.8 Å². The molecule has 6 rings (SSSR count). The van der Waals surface area contributed by atoms with Crippen LogP contribution in [0.1, 0.15) is 11.1 Å². The zero-order valence-electron chi connectivity index (χ0n) is 19.5. The van der Waals surface area contributed by atoms with Gasteiger partial charge in [-0.25, -0.2) is 4.57 Å². The van der Waals surface area contributed by atoms with Crippen molar-refractivity contribution in [1.82, 2.24) is 19.2 Å². The predicted octanol–water partition coefficient (Wildman–Crippen LogP) is 4.11. The molecule has 1 aliphatic heterocycles. The van der Waals surface area contributed by atoms with Gasteiger partial charge in [-0.15, -0.1) is 10.2 Å². The fourth-order valence-corrected chi connectivity index (χ4v) is 4.99. The molecule has 0 atom stereocenters. The van der Waals surface area contributed by atoms with Crippen LogP contribution in [0.4, 0.5) is 5.69 Å². The maximum Gasteiger partial charge on any atom is 0.267 e. The number of benzene rings is 3. The molecule has 0 radical (unpaired) electrons. The van der Waals surface area contributed by atoms with Gasteiger partial charge < -0.3 is 14.8 Å². The quantitative estimate of drug-likeness (QED) is 0.363. The molecule has 0 bridgehead atoms. The van der Waals surface area contributed by atoms with E-state index in [4.69, 9.17) is 9.47 Å². The average Bonchev–Trinajstić information content (AvgIpc) is 3.52. The third-order valence-electron chi connectivity index (χ3n) is 5.99. The third-order valence-corrected chi connectivity index (χ3v) is 6.92. The maximum absolute atomic E-state index is 13.6. The second-order valence-corrected chi connectivity index (χ2v) is 9.41. The Kier molecular flexibility index (Phi) is 5.37. The van der Waals surface area contributed by atoms with Crippen molar-refractivity contribution in [3.05, 3.63) is 82.1 Å². The van der Waals surface area contributed by atoms with Gasteiger partial charge in [0.25, 0.3) is 5.56 Å². The summed E-state index contributed by atoms with van der Waals surface area (Å²) < 4.78 is 14.1. The Bertz CT molecular complexity index is 1730. The molecule has 36 heavy (non-hydrogen) atoms. The molecule has 0 saturated heterocycles. The van der Waals surface area contributed by atoms with Crippen LogP contribution in [0.5, 0.6) is 11.5 Å². The van der Waals surface area contributed by atoms with Crippen LogP contribution in [0, 0.1) is 13.8 Å². The number of nitrogens with zero attached hydrogens (tertiary/aromatic N) is 4. The molecule has 9 nitrogen and oxygen atoms in total. The van der Waals surface area contributed by atoms with E-state index in [2.05, 4.69) is 15.5 Å². The van der Waals surface area contributed by atoms with Crippen molar-refractivity contribution in [1.29, 1.82) is 0 Å². The average molecular weight is 500 g/mol. The third kappa shape index (κ3) is 3.75. The van der Waals surface area contributed by atoms with E-state index < -0.39 is 0 Å². The molecule has 1 N–H and O–H groups in total. The molecule has 3 aromatic carbocycles. The second-order valence-electron chi connectivity index (χ2n) is 8.47. The van der Waals surface area contributed by atoms with Crippen LogP contribution in [-0.2, 0) is 4.79 Å². The van der Waals surface area contributed by atoms with Gasteiger partial charge in [0.1, 0.15) is 0 Å². The summed E-state index contributed by atoms with van der Waals surface area (Å²) in [5, 5.41) is 12.6. The van der Waals surface area contributed by atoms with Gasteiger partial charge in [0.15, 0.2) is 16.7 Å². The number of para-hydroxylation sites is 1. The first kappa shape index (κ1) is 22.2. The van der Waals surface area contributed by atoms with E-state index in [1.165, 1.54) is 11.8 Å². The van der Waals surface area contributed by atoms with Crippen LogP contribution in [0.2, 0.25) is 0 Å². The van der Waals surface area contributed by atoms with E-state index in [9.17, 15) is 9.59 Å². The number of aromatic nitrogens is 4. The Hall–Kier alpha value is -4.31. The number of carbonyl (C=O) groups excluding carboxylic acids is 1. The van der Waals surface area contributed by atoms with Gasteiger partial charge in [0.2, 0.25) is 18.5 Å². The number of rotatable bonds is 5. The van der Waals surface area contributed by atoms with Gasteiger partial charge in [-0.2, -0.15) is 0 Å². The Morgan fingerprint density at radius 3 is 2.75 bits per heavy atom. The predicted molar refractivity (Wildman–Crippen MR) is 137 cm³/mol. The van der Waals surface area contributed by atoms with Gasteiger partial charge in [-0.1, -0.05) is 36.0 Å². The first-order valence-corrected chi connectivity index (χ1v) is 12.3. The van der Waals surface area contributed by atoms with Crippen molar-refractivity contribution in [2.45, 2.75) is 19.0 Å². The summed E-state index contributed by atoms with van der Waals surface area (Å²) >= 11 is 1.25. The summed E-state index contributed by atoms with van der Waals surface area (Å²) in [6.07, 6.45) is 0. The van der Waals surface area contributed by atoms with Gasteiger partial charge in [0, 0.05) is 11.8 Å². The van der Waals surface area contributed by atoms with E-state index in [0.29, 0.717) is 39.0 Å². The van der Waals surface area contributed by atoms with E-state index in [1.807, 2.05) is 54.6 Å². The first-order valence-electron chi connectivity index (χ1n) is 11.3. The molecule has 0 saturated carbocycles. The normalized spacial score (nSPS) is 12.4. The molecular formula is C26H21N5O4S. The highest BCUT2D eigenvalue weighted by molar-refractivity contribution is 7.99.